The number of aliphatic hydroxyl groups excluding tert-OH is 1. The van der Waals surface area contributed by atoms with Crippen LogP contribution in [-0.2, 0) is 19.5 Å². The van der Waals surface area contributed by atoms with Crippen LogP contribution in [0.3, 0.4) is 0 Å². The van der Waals surface area contributed by atoms with Gasteiger partial charge in [-0.25, -0.2) is 9.48 Å². The molecular weight excluding hydrogens is 308 g/mol. The summed E-state index contributed by atoms with van der Waals surface area (Å²) in [5, 5.41) is 17.4. The van der Waals surface area contributed by atoms with Crippen LogP contribution in [0.1, 0.15) is 38.4 Å². The summed E-state index contributed by atoms with van der Waals surface area (Å²) in [6.45, 7) is 6.36. The molecule has 2 N–H and O–H groups in total. The van der Waals surface area contributed by atoms with Crippen LogP contribution in [0.4, 0.5) is 0 Å². The van der Waals surface area contributed by atoms with E-state index in [0.717, 1.165) is 63.5 Å². The van der Waals surface area contributed by atoms with E-state index < -0.39 is 0 Å². The Bertz CT molecular complexity index is 635. The van der Waals surface area contributed by atoms with Crippen molar-refractivity contribution in [2.45, 2.75) is 58.2 Å². The van der Waals surface area contributed by atoms with Crippen molar-refractivity contribution in [1.29, 1.82) is 0 Å². The summed E-state index contributed by atoms with van der Waals surface area (Å²) in [7, 11) is 0. The molecular formula is C16H28N6O2. The lowest BCUT2D eigenvalue weighted by molar-refractivity contribution is 0.188. The zero-order valence-corrected chi connectivity index (χ0v) is 14.4. The van der Waals surface area contributed by atoms with Gasteiger partial charge >= 0.3 is 5.69 Å². The van der Waals surface area contributed by atoms with Gasteiger partial charge < -0.3 is 15.3 Å². The summed E-state index contributed by atoms with van der Waals surface area (Å²) < 4.78 is 3.39. The van der Waals surface area contributed by atoms with E-state index in [0.29, 0.717) is 19.6 Å². The predicted octanol–water partition coefficient (Wildman–Crippen LogP) is -0.197. The van der Waals surface area contributed by atoms with Crippen molar-refractivity contribution in [2.24, 2.45) is 4.99 Å². The quantitative estimate of drug-likeness (QED) is 0.442. The molecule has 1 saturated heterocycles. The van der Waals surface area contributed by atoms with Gasteiger partial charge in [-0.15, -0.1) is 0 Å². The van der Waals surface area contributed by atoms with Gasteiger partial charge in [-0.1, -0.05) is 0 Å². The normalized spacial score (nSPS) is 21.2. The number of aromatic nitrogens is 3. The largest absolute Gasteiger partial charge is 0.391 e. The highest BCUT2D eigenvalue weighted by Crippen LogP contribution is 2.10. The molecule has 0 bridgehead atoms. The van der Waals surface area contributed by atoms with Crippen molar-refractivity contribution in [3.63, 3.8) is 0 Å². The number of likely N-dealkylation sites (tertiary alicyclic amines) is 1. The van der Waals surface area contributed by atoms with Gasteiger partial charge in [0.05, 0.1) is 6.10 Å². The average Bonchev–Trinajstić information content (AvgIpc) is 3.15. The van der Waals surface area contributed by atoms with Crippen molar-refractivity contribution in [2.75, 3.05) is 26.2 Å². The molecule has 0 spiro atoms. The highest BCUT2D eigenvalue weighted by Gasteiger charge is 2.22. The number of hydrogen-bond acceptors (Lipinski definition) is 4. The Hall–Kier alpha value is -1.83. The number of rotatable bonds is 5. The first-order valence-corrected chi connectivity index (χ1v) is 9.07. The van der Waals surface area contributed by atoms with Crippen LogP contribution in [-0.4, -0.2) is 62.6 Å². The summed E-state index contributed by atoms with van der Waals surface area (Å²) in [5.74, 6) is 1.78. The minimum absolute atomic E-state index is 0.0169. The highest BCUT2D eigenvalue weighted by atomic mass is 16.3. The molecule has 3 rings (SSSR count). The first kappa shape index (κ1) is 17.0. The molecule has 24 heavy (non-hydrogen) atoms. The van der Waals surface area contributed by atoms with E-state index in [9.17, 15) is 9.90 Å². The van der Waals surface area contributed by atoms with Crippen molar-refractivity contribution < 1.29 is 5.11 Å². The summed E-state index contributed by atoms with van der Waals surface area (Å²) in [4.78, 5) is 19.0. The fourth-order valence-corrected chi connectivity index (χ4v) is 3.36. The zero-order chi connectivity index (χ0) is 16.9. The van der Waals surface area contributed by atoms with E-state index in [1.54, 1.807) is 4.68 Å². The summed E-state index contributed by atoms with van der Waals surface area (Å²) in [6, 6.07) is 0. The second kappa shape index (κ2) is 7.83. The van der Waals surface area contributed by atoms with Gasteiger partial charge in [-0.05, 0) is 32.6 Å². The van der Waals surface area contributed by atoms with Crippen molar-refractivity contribution in [3.05, 3.63) is 16.3 Å². The number of nitrogens with zero attached hydrogens (tertiary/aromatic N) is 5. The number of fused-ring (bicyclic) bond motifs is 1. The number of nitrogens with one attached hydrogen (secondary N) is 1. The number of aryl methyl sites for hydroxylation is 2. The smallest absolute Gasteiger partial charge is 0.345 e. The van der Waals surface area contributed by atoms with E-state index in [2.05, 4.69) is 20.3 Å². The van der Waals surface area contributed by atoms with Gasteiger partial charge in [0.2, 0.25) is 0 Å². The molecule has 0 amide bonds. The van der Waals surface area contributed by atoms with Gasteiger partial charge in [-0.3, -0.25) is 9.56 Å². The molecule has 3 heterocycles. The summed E-state index contributed by atoms with van der Waals surface area (Å²) >= 11 is 0. The van der Waals surface area contributed by atoms with Crippen LogP contribution in [0, 0.1) is 0 Å². The number of aliphatic imine (C=N–C) groups is 1. The van der Waals surface area contributed by atoms with Gasteiger partial charge in [0.25, 0.3) is 0 Å². The lowest BCUT2D eigenvalue weighted by Gasteiger charge is -2.20. The molecule has 0 unspecified atom stereocenters. The minimum Gasteiger partial charge on any atom is -0.391 e. The second-order valence-electron chi connectivity index (χ2n) is 6.51. The third kappa shape index (κ3) is 3.80. The number of β-amino-alcohol motifs (C(OH)–C–C–N with tert-alkyl or cyclic N) is 1. The maximum absolute atomic E-state index is 12.3. The van der Waals surface area contributed by atoms with E-state index in [1.807, 2.05) is 11.5 Å². The third-order valence-corrected chi connectivity index (χ3v) is 4.62. The molecule has 0 saturated carbocycles. The molecule has 0 aliphatic carbocycles. The van der Waals surface area contributed by atoms with Crippen LogP contribution < -0.4 is 11.0 Å². The Balaban J connectivity index is 1.55. The zero-order valence-electron chi connectivity index (χ0n) is 14.4. The highest BCUT2D eigenvalue weighted by molar-refractivity contribution is 5.80. The maximum Gasteiger partial charge on any atom is 0.345 e. The molecule has 134 valence electrons. The molecule has 1 atom stereocenters. The molecule has 8 heteroatoms. The number of aliphatic hydroxyl groups is 1. The summed E-state index contributed by atoms with van der Waals surface area (Å²) in [6.07, 6.45) is 4.40. The van der Waals surface area contributed by atoms with Gasteiger partial charge in [-0.2, -0.15) is 5.10 Å². The molecule has 0 aromatic carbocycles. The van der Waals surface area contributed by atoms with Crippen LogP contribution in [0.15, 0.2) is 9.79 Å². The fraction of sp³-hybridized carbons (Fsp3) is 0.812. The van der Waals surface area contributed by atoms with Gasteiger partial charge in [0.1, 0.15) is 5.82 Å². The van der Waals surface area contributed by atoms with Crippen LogP contribution in [0.2, 0.25) is 0 Å². The Morgan fingerprint density at radius 3 is 3.00 bits per heavy atom. The average molecular weight is 336 g/mol. The lowest BCUT2D eigenvalue weighted by Crippen LogP contribution is -2.40. The summed E-state index contributed by atoms with van der Waals surface area (Å²) in [5.41, 5.74) is 0.0169. The number of guanidine groups is 1. The van der Waals surface area contributed by atoms with E-state index in [4.69, 9.17) is 0 Å². The first-order valence-electron chi connectivity index (χ1n) is 9.07. The van der Waals surface area contributed by atoms with Gasteiger partial charge in [0.15, 0.2) is 5.96 Å². The number of hydrogen-bond donors (Lipinski definition) is 2. The van der Waals surface area contributed by atoms with Gasteiger partial charge in [0, 0.05) is 45.7 Å². The molecule has 8 nitrogen and oxygen atoms in total. The molecule has 1 fully saturated rings. The topological polar surface area (TPSA) is 87.7 Å². The van der Waals surface area contributed by atoms with Crippen molar-refractivity contribution in [1.82, 2.24) is 24.6 Å². The minimum atomic E-state index is -0.260. The van der Waals surface area contributed by atoms with Crippen LogP contribution in [0.25, 0.3) is 0 Å². The Morgan fingerprint density at radius 1 is 1.42 bits per heavy atom. The van der Waals surface area contributed by atoms with Crippen LogP contribution in [0.5, 0.6) is 0 Å². The SMILES string of the molecule is CCNC(=NCCCn1nc2n(c1=O)CCCC2)N1CC[C@@H](O)C1. The van der Waals surface area contributed by atoms with Crippen LogP contribution >= 0.6 is 0 Å². The molecule has 1 aromatic heterocycles. The fourth-order valence-electron chi connectivity index (χ4n) is 3.36. The molecule has 0 radical (unpaired) electrons. The molecule has 2 aliphatic heterocycles. The third-order valence-electron chi connectivity index (χ3n) is 4.62. The monoisotopic (exact) mass is 336 g/mol. The molecule has 2 aliphatic rings. The predicted molar refractivity (Wildman–Crippen MR) is 92.2 cm³/mol. The van der Waals surface area contributed by atoms with E-state index in [-0.39, 0.29) is 11.8 Å². The van der Waals surface area contributed by atoms with Crippen molar-refractivity contribution in [3.8, 4) is 0 Å². The Kier molecular flexibility index (Phi) is 5.55. The second-order valence-corrected chi connectivity index (χ2v) is 6.51. The Morgan fingerprint density at radius 2 is 2.29 bits per heavy atom. The first-order chi connectivity index (χ1) is 11.7. The maximum atomic E-state index is 12.3. The molecule has 1 aromatic rings. The standard InChI is InChI=1S/C16H28N6O2/c1-2-17-15(20-11-7-13(23)12-20)18-8-5-10-22-16(24)21-9-4-3-6-14(21)19-22/h13,23H,2-12H2,1H3,(H,17,18)/t13-/m1/s1. The van der Waals surface area contributed by atoms with Crippen molar-refractivity contribution >= 4 is 5.96 Å². The lowest BCUT2D eigenvalue weighted by atomic mass is 10.2. The Labute approximate surface area is 142 Å². The van der Waals surface area contributed by atoms with E-state index >= 15 is 0 Å². The van der Waals surface area contributed by atoms with E-state index in [1.165, 1.54) is 0 Å².